The van der Waals surface area contributed by atoms with Gasteiger partial charge in [-0.2, -0.15) is 11.8 Å². The molecule has 0 aliphatic carbocycles. The van der Waals surface area contributed by atoms with E-state index in [-0.39, 0.29) is 17.0 Å². The van der Waals surface area contributed by atoms with Gasteiger partial charge in [-0.3, -0.25) is 0 Å². The zero-order chi connectivity index (χ0) is 13.8. The van der Waals surface area contributed by atoms with Gasteiger partial charge in [-0.1, -0.05) is 29.8 Å². The van der Waals surface area contributed by atoms with Crippen molar-refractivity contribution in [2.75, 3.05) is 17.8 Å². The summed E-state index contributed by atoms with van der Waals surface area (Å²) in [6, 6.07) is 8.24. The van der Waals surface area contributed by atoms with Crippen LogP contribution in [-0.2, 0) is 9.84 Å². The van der Waals surface area contributed by atoms with Crippen LogP contribution in [0.1, 0.15) is 23.3 Å². The van der Waals surface area contributed by atoms with Crippen molar-refractivity contribution in [3.63, 3.8) is 0 Å². The van der Waals surface area contributed by atoms with Crippen LogP contribution in [0.4, 0.5) is 0 Å². The molecule has 0 aromatic heterocycles. The fourth-order valence-electron chi connectivity index (χ4n) is 1.63. The topological polar surface area (TPSA) is 60.2 Å². The number of hydrogen-bond donors (Lipinski definition) is 1. The zero-order valence-electron chi connectivity index (χ0n) is 11.1. The van der Waals surface area contributed by atoms with Crippen LogP contribution in [-0.4, -0.2) is 32.2 Å². The SMILES string of the molecule is Cc1ccc(C(SCCS(C)(=O)=O)C(C)N)cc1. The molecule has 18 heavy (non-hydrogen) atoms. The summed E-state index contributed by atoms with van der Waals surface area (Å²) in [5.41, 5.74) is 8.36. The quantitative estimate of drug-likeness (QED) is 0.871. The molecule has 1 rings (SSSR count). The van der Waals surface area contributed by atoms with Crippen LogP contribution >= 0.6 is 11.8 Å². The molecule has 0 bridgehead atoms. The van der Waals surface area contributed by atoms with Crippen LogP contribution < -0.4 is 5.73 Å². The normalized spacial score (nSPS) is 15.3. The fourth-order valence-corrected chi connectivity index (χ4v) is 4.14. The molecule has 0 fully saturated rings. The lowest BCUT2D eigenvalue weighted by molar-refractivity contribution is 0.603. The van der Waals surface area contributed by atoms with E-state index in [0.717, 1.165) is 5.56 Å². The number of hydrogen-bond acceptors (Lipinski definition) is 4. The van der Waals surface area contributed by atoms with Crippen LogP contribution in [0.5, 0.6) is 0 Å². The highest BCUT2D eigenvalue weighted by Crippen LogP contribution is 2.31. The summed E-state index contributed by atoms with van der Waals surface area (Å²) in [4.78, 5) is 0. The first-order valence-electron chi connectivity index (χ1n) is 5.91. The standard InChI is InChI=1S/C13H21NO2S2/c1-10-4-6-12(7-5-10)13(11(2)14)17-8-9-18(3,15)16/h4-7,11,13H,8-9,14H2,1-3H3. The van der Waals surface area contributed by atoms with Gasteiger partial charge in [0.1, 0.15) is 9.84 Å². The molecular formula is C13H21NO2S2. The molecule has 0 saturated heterocycles. The molecule has 0 aliphatic heterocycles. The molecule has 0 radical (unpaired) electrons. The average Bonchev–Trinajstić information content (AvgIpc) is 2.24. The summed E-state index contributed by atoms with van der Waals surface area (Å²) in [7, 11) is -2.90. The van der Waals surface area contributed by atoms with Gasteiger partial charge in [-0.05, 0) is 19.4 Å². The highest BCUT2D eigenvalue weighted by atomic mass is 32.2. The van der Waals surface area contributed by atoms with Gasteiger partial charge in [-0.15, -0.1) is 0 Å². The van der Waals surface area contributed by atoms with Crippen molar-refractivity contribution in [3.05, 3.63) is 35.4 Å². The Labute approximate surface area is 114 Å². The van der Waals surface area contributed by atoms with Crippen molar-refractivity contribution in [3.8, 4) is 0 Å². The van der Waals surface area contributed by atoms with E-state index < -0.39 is 9.84 Å². The molecule has 1 aromatic carbocycles. The number of nitrogens with two attached hydrogens (primary N) is 1. The molecular weight excluding hydrogens is 266 g/mol. The number of thioether (sulfide) groups is 1. The van der Waals surface area contributed by atoms with Gasteiger partial charge in [0.25, 0.3) is 0 Å². The molecule has 0 aliphatic rings. The van der Waals surface area contributed by atoms with Gasteiger partial charge in [0, 0.05) is 23.3 Å². The highest BCUT2D eigenvalue weighted by Gasteiger charge is 2.17. The second-order valence-corrected chi connectivity index (χ2v) is 8.20. The number of rotatable bonds is 6. The van der Waals surface area contributed by atoms with Gasteiger partial charge >= 0.3 is 0 Å². The summed E-state index contributed by atoms with van der Waals surface area (Å²) in [5, 5.41) is 0.146. The van der Waals surface area contributed by atoms with Gasteiger partial charge in [0.05, 0.1) is 5.75 Å². The molecule has 102 valence electrons. The smallest absolute Gasteiger partial charge is 0.148 e. The molecule has 2 N–H and O–H groups in total. The minimum atomic E-state index is -2.90. The first-order valence-corrected chi connectivity index (χ1v) is 9.02. The van der Waals surface area contributed by atoms with Gasteiger partial charge in [0.15, 0.2) is 0 Å². The van der Waals surface area contributed by atoms with E-state index in [1.54, 1.807) is 11.8 Å². The Morgan fingerprint density at radius 2 is 1.83 bits per heavy atom. The molecule has 2 atom stereocenters. The van der Waals surface area contributed by atoms with Gasteiger partial charge < -0.3 is 5.73 Å². The fraction of sp³-hybridized carbons (Fsp3) is 0.538. The van der Waals surface area contributed by atoms with E-state index in [1.807, 2.05) is 13.8 Å². The Morgan fingerprint density at radius 1 is 1.28 bits per heavy atom. The predicted molar refractivity (Wildman–Crippen MR) is 79.7 cm³/mol. The lowest BCUT2D eigenvalue weighted by atomic mass is 10.1. The third kappa shape index (κ3) is 5.42. The van der Waals surface area contributed by atoms with Crippen molar-refractivity contribution in [2.45, 2.75) is 25.1 Å². The van der Waals surface area contributed by atoms with Crippen molar-refractivity contribution in [1.29, 1.82) is 0 Å². The molecule has 3 nitrogen and oxygen atoms in total. The average molecular weight is 287 g/mol. The summed E-state index contributed by atoms with van der Waals surface area (Å²) < 4.78 is 22.2. The van der Waals surface area contributed by atoms with E-state index >= 15 is 0 Å². The zero-order valence-corrected chi connectivity index (χ0v) is 12.7. The summed E-state index contributed by atoms with van der Waals surface area (Å²) in [6.45, 7) is 4.00. The number of aryl methyl sites for hydroxylation is 1. The van der Waals surface area contributed by atoms with Crippen molar-refractivity contribution in [2.24, 2.45) is 5.73 Å². The monoisotopic (exact) mass is 287 g/mol. The van der Waals surface area contributed by atoms with Crippen LogP contribution in [0, 0.1) is 6.92 Å². The Balaban J connectivity index is 2.69. The third-order valence-electron chi connectivity index (χ3n) is 2.63. The van der Waals surface area contributed by atoms with Crippen molar-refractivity contribution in [1.82, 2.24) is 0 Å². The molecule has 5 heteroatoms. The molecule has 0 amide bonds. The van der Waals surface area contributed by atoms with Crippen LogP contribution in [0.2, 0.25) is 0 Å². The summed E-state index contributed by atoms with van der Waals surface area (Å²) >= 11 is 1.61. The molecule has 0 saturated carbocycles. The number of benzene rings is 1. The molecule has 0 spiro atoms. The number of sulfone groups is 1. The Bertz CT molecular complexity index is 466. The van der Waals surface area contributed by atoms with Crippen LogP contribution in [0.15, 0.2) is 24.3 Å². The Kier molecular flexibility index (Phi) is 5.69. The van der Waals surface area contributed by atoms with Crippen LogP contribution in [0.25, 0.3) is 0 Å². The minimum Gasteiger partial charge on any atom is -0.327 e. The van der Waals surface area contributed by atoms with E-state index in [1.165, 1.54) is 11.8 Å². The lowest BCUT2D eigenvalue weighted by Crippen LogP contribution is -2.23. The first-order chi connectivity index (χ1) is 8.29. The molecule has 0 heterocycles. The van der Waals surface area contributed by atoms with E-state index in [9.17, 15) is 8.42 Å². The second-order valence-electron chi connectivity index (χ2n) is 4.69. The maximum atomic E-state index is 11.1. The molecule has 1 aromatic rings. The molecule has 2 unspecified atom stereocenters. The first kappa shape index (κ1) is 15.5. The largest absolute Gasteiger partial charge is 0.327 e. The van der Waals surface area contributed by atoms with Crippen LogP contribution in [0.3, 0.4) is 0 Å². The third-order valence-corrected chi connectivity index (χ3v) is 5.34. The maximum absolute atomic E-state index is 11.1. The second kappa shape index (κ2) is 6.59. The van der Waals surface area contributed by atoms with E-state index in [2.05, 4.69) is 24.3 Å². The lowest BCUT2D eigenvalue weighted by Gasteiger charge is -2.20. The van der Waals surface area contributed by atoms with Crippen molar-refractivity contribution < 1.29 is 8.42 Å². The van der Waals surface area contributed by atoms with E-state index in [4.69, 9.17) is 5.73 Å². The maximum Gasteiger partial charge on any atom is 0.148 e. The Morgan fingerprint density at radius 3 is 2.28 bits per heavy atom. The van der Waals surface area contributed by atoms with Gasteiger partial charge in [0.2, 0.25) is 0 Å². The Hall–Kier alpha value is -0.520. The highest BCUT2D eigenvalue weighted by molar-refractivity contribution is 8.00. The van der Waals surface area contributed by atoms with Crippen molar-refractivity contribution >= 4 is 21.6 Å². The van der Waals surface area contributed by atoms with E-state index in [0.29, 0.717) is 5.75 Å². The minimum absolute atomic E-state index is 0.00253. The summed E-state index contributed by atoms with van der Waals surface area (Å²) in [6.07, 6.45) is 1.26. The summed E-state index contributed by atoms with van der Waals surface area (Å²) in [5.74, 6) is 0.783. The van der Waals surface area contributed by atoms with Gasteiger partial charge in [-0.25, -0.2) is 8.42 Å². The predicted octanol–water partition coefficient (Wildman–Crippen LogP) is 2.16.